The molecule has 6 nitrogen and oxygen atoms in total. The van der Waals surface area contributed by atoms with Crippen molar-refractivity contribution in [3.05, 3.63) is 36.5 Å². The van der Waals surface area contributed by atoms with Gasteiger partial charge in [-0.3, -0.25) is 9.59 Å². The molecule has 0 bridgehead atoms. The first-order chi connectivity index (χ1) is 30.5. The number of amides is 1. The van der Waals surface area contributed by atoms with Gasteiger partial charge in [0.2, 0.25) is 5.91 Å². The Bertz CT molecular complexity index is 1010. The van der Waals surface area contributed by atoms with Crippen LogP contribution < -0.4 is 5.32 Å². The molecule has 62 heavy (non-hydrogen) atoms. The maximum absolute atomic E-state index is 12.4. The molecule has 0 spiro atoms. The summed E-state index contributed by atoms with van der Waals surface area (Å²) in [6.45, 7) is 4.81. The van der Waals surface area contributed by atoms with Gasteiger partial charge in [-0.25, -0.2) is 0 Å². The standard InChI is InChI=1S/C56H105NO5/c1-3-5-7-9-11-13-15-28-32-36-40-44-48-54(59)53(52-58)57-55(60)49-45-41-37-33-29-26-24-22-20-18-17-19-21-23-25-27-31-35-39-43-47-51-62-56(61)50-46-42-38-34-30-16-14-12-10-8-6-4-2/h12,14,27,31,39,43,53-54,58-59H,3-11,13,15-26,28-30,32-38,40-42,44-52H2,1-2H3,(H,57,60)/b14-12-,31-27-,43-39-. The lowest BCUT2D eigenvalue weighted by Crippen LogP contribution is -2.45. The van der Waals surface area contributed by atoms with Crippen LogP contribution in [0.25, 0.3) is 0 Å². The van der Waals surface area contributed by atoms with Gasteiger partial charge in [0.25, 0.3) is 0 Å². The summed E-state index contributed by atoms with van der Waals surface area (Å²) in [4.78, 5) is 24.4. The average Bonchev–Trinajstić information content (AvgIpc) is 3.27. The lowest BCUT2D eigenvalue weighted by molar-refractivity contribution is -0.143. The number of ether oxygens (including phenoxy) is 1. The third-order valence-electron chi connectivity index (χ3n) is 12.4. The van der Waals surface area contributed by atoms with Crippen LogP contribution in [-0.4, -0.2) is 47.4 Å². The molecule has 3 N–H and O–H groups in total. The molecule has 0 saturated heterocycles. The molecule has 2 atom stereocenters. The van der Waals surface area contributed by atoms with Crippen LogP contribution in [0.15, 0.2) is 36.5 Å². The Morgan fingerprint density at radius 2 is 0.806 bits per heavy atom. The molecule has 0 aliphatic rings. The lowest BCUT2D eigenvalue weighted by Gasteiger charge is -2.22. The van der Waals surface area contributed by atoms with Crippen LogP contribution in [-0.2, 0) is 14.3 Å². The third kappa shape index (κ3) is 47.6. The smallest absolute Gasteiger partial charge is 0.305 e. The number of allylic oxidation sites excluding steroid dienone is 5. The number of rotatable bonds is 50. The minimum atomic E-state index is -0.667. The van der Waals surface area contributed by atoms with Crippen LogP contribution in [0.3, 0.4) is 0 Å². The monoisotopic (exact) mass is 872 g/mol. The van der Waals surface area contributed by atoms with E-state index in [2.05, 4.69) is 55.6 Å². The molecule has 0 aliphatic heterocycles. The van der Waals surface area contributed by atoms with Gasteiger partial charge < -0.3 is 20.3 Å². The van der Waals surface area contributed by atoms with Gasteiger partial charge in [-0.05, 0) is 70.6 Å². The highest BCUT2D eigenvalue weighted by molar-refractivity contribution is 5.76. The van der Waals surface area contributed by atoms with Gasteiger partial charge in [-0.15, -0.1) is 0 Å². The third-order valence-corrected chi connectivity index (χ3v) is 12.4. The molecule has 0 aromatic heterocycles. The summed E-state index contributed by atoms with van der Waals surface area (Å²) in [5.74, 6) is -0.0864. The summed E-state index contributed by atoms with van der Waals surface area (Å²) in [6, 6.07) is -0.544. The summed E-state index contributed by atoms with van der Waals surface area (Å²) in [5, 5.41) is 23.2. The quantitative estimate of drug-likeness (QED) is 0.0321. The molecular formula is C56H105NO5. The number of carbonyl (C=O) groups excluding carboxylic acids is 2. The van der Waals surface area contributed by atoms with Crippen LogP contribution >= 0.6 is 0 Å². The topological polar surface area (TPSA) is 95.9 Å². The van der Waals surface area contributed by atoms with Gasteiger partial charge in [0, 0.05) is 12.8 Å². The van der Waals surface area contributed by atoms with E-state index in [1.54, 1.807) is 0 Å². The van der Waals surface area contributed by atoms with E-state index in [1.807, 2.05) is 0 Å². The minimum Gasteiger partial charge on any atom is -0.465 e. The molecule has 0 aromatic carbocycles. The molecule has 0 saturated carbocycles. The second-order valence-corrected chi connectivity index (χ2v) is 18.6. The van der Waals surface area contributed by atoms with Gasteiger partial charge in [0.05, 0.1) is 25.4 Å². The van der Waals surface area contributed by atoms with Gasteiger partial charge >= 0.3 is 5.97 Å². The molecule has 0 aromatic rings. The molecule has 2 unspecified atom stereocenters. The van der Waals surface area contributed by atoms with Gasteiger partial charge in [0.15, 0.2) is 0 Å². The Labute approximate surface area is 385 Å². The predicted molar refractivity (Wildman–Crippen MR) is 269 cm³/mol. The van der Waals surface area contributed by atoms with E-state index in [9.17, 15) is 19.8 Å². The highest BCUT2D eigenvalue weighted by Gasteiger charge is 2.20. The molecule has 0 fully saturated rings. The highest BCUT2D eigenvalue weighted by atomic mass is 16.5. The SMILES string of the molecule is CCCCC/C=C\CCCCCCCC(=O)OCC/C=C\C/C=C\CCCCCCCCCCCCCCCCC(=O)NC(CO)C(O)CCCCCCCCCCCCCC. The first-order valence-electron chi connectivity index (χ1n) is 27.2. The average molecular weight is 872 g/mol. The van der Waals surface area contributed by atoms with Crippen molar-refractivity contribution in [1.29, 1.82) is 0 Å². The Morgan fingerprint density at radius 1 is 0.452 bits per heavy atom. The largest absolute Gasteiger partial charge is 0.465 e. The fraction of sp³-hybridized carbons (Fsp3) is 0.857. The number of esters is 1. The van der Waals surface area contributed by atoms with Crippen LogP contribution in [0.1, 0.15) is 284 Å². The van der Waals surface area contributed by atoms with Gasteiger partial charge in [-0.2, -0.15) is 0 Å². The molecule has 0 heterocycles. The number of carbonyl (C=O) groups is 2. The zero-order chi connectivity index (χ0) is 45.1. The fourth-order valence-electron chi connectivity index (χ4n) is 8.24. The van der Waals surface area contributed by atoms with Crippen molar-refractivity contribution in [3.8, 4) is 0 Å². The number of unbranched alkanes of at least 4 members (excludes halogenated alkanes) is 33. The lowest BCUT2D eigenvalue weighted by atomic mass is 10.0. The van der Waals surface area contributed by atoms with Crippen LogP contribution in [0.2, 0.25) is 0 Å². The predicted octanol–water partition coefficient (Wildman–Crippen LogP) is 16.5. The summed E-state index contributed by atoms with van der Waals surface area (Å²) >= 11 is 0. The van der Waals surface area contributed by atoms with E-state index in [-0.39, 0.29) is 18.5 Å². The van der Waals surface area contributed by atoms with Crippen LogP contribution in [0.4, 0.5) is 0 Å². The van der Waals surface area contributed by atoms with E-state index in [4.69, 9.17) is 4.74 Å². The number of aliphatic hydroxyl groups is 2. The molecule has 6 heteroatoms. The van der Waals surface area contributed by atoms with Crippen molar-refractivity contribution in [3.63, 3.8) is 0 Å². The normalized spacial score (nSPS) is 12.9. The maximum Gasteiger partial charge on any atom is 0.305 e. The van der Waals surface area contributed by atoms with E-state index >= 15 is 0 Å². The Morgan fingerprint density at radius 3 is 1.27 bits per heavy atom. The molecule has 0 aliphatic carbocycles. The molecule has 364 valence electrons. The van der Waals surface area contributed by atoms with Gasteiger partial charge in [0.1, 0.15) is 0 Å². The minimum absolute atomic E-state index is 0.0407. The second-order valence-electron chi connectivity index (χ2n) is 18.6. The van der Waals surface area contributed by atoms with Crippen molar-refractivity contribution in [2.45, 2.75) is 296 Å². The number of aliphatic hydroxyl groups excluding tert-OH is 2. The van der Waals surface area contributed by atoms with E-state index < -0.39 is 12.1 Å². The molecule has 0 radical (unpaired) electrons. The summed E-state index contributed by atoms with van der Waals surface area (Å²) in [7, 11) is 0. The zero-order valence-corrected chi connectivity index (χ0v) is 41.4. The first kappa shape index (κ1) is 60.1. The molecule has 0 rings (SSSR count). The van der Waals surface area contributed by atoms with Crippen molar-refractivity contribution >= 4 is 11.9 Å². The number of hydrogen-bond donors (Lipinski definition) is 3. The van der Waals surface area contributed by atoms with Crippen LogP contribution in [0, 0.1) is 0 Å². The van der Waals surface area contributed by atoms with E-state index in [1.165, 1.54) is 199 Å². The Balaban J connectivity index is 3.46. The Hall–Kier alpha value is -1.92. The van der Waals surface area contributed by atoms with E-state index in [0.717, 1.165) is 51.4 Å². The van der Waals surface area contributed by atoms with Gasteiger partial charge in [-0.1, -0.05) is 237 Å². The van der Waals surface area contributed by atoms with Crippen molar-refractivity contribution in [2.75, 3.05) is 13.2 Å². The second kappa shape index (κ2) is 51.7. The number of nitrogens with one attached hydrogen (secondary N) is 1. The molecule has 1 amide bonds. The molecular weight excluding hydrogens is 767 g/mol. The highest BCUT2D eigenvalue weighted by Crippen LogP contribution is 2.16. The van der Waals surface area contributed by atoms with E-state index in [0.29, 0.717) is 25.9 Å². The summed E-state index contributed by atoms with van der Waals surface area (Å²) in [6.07, 6.45) is 62.9. The maximum atomic E-state index is 12.4. The van der Waals surface area contributed by atoms with Crippen molar-refractivity contribution in [2.24, 2.45) is 0 Å². The van der Waals surface area contributed by atoms with Crippen molar-refractivity contribution < 1.29 is 24.5 Å². The van der Waals surface area contributed by atoms with Crippen molar-refractivity contribution in [1.82, 2.24) is 5.32 Å². The fourth-order valence-corrected chi connectivity index (χ4v) is 8.24. The summed E-state index contributed by atoms with van der Waals surface area (Å²) in [5.41, 5.74) is 0. The van der Waals surface area contributed by atoms with Crippen LogP contribution in [0.5, 0.6) is 0 Å². The number of hydrogen-bond acceptors (Lipinski definition) is 5. The first-order valence-corrected chi connectivity index (χ1v) is 27.2. The Kier molecular flexibility index (Phi) is 50.1. The summed E-state index contributed by atoms with van der Waals surface area (Å²) < 4.78 is 5.39. The zero-order valence-electron chi connectivity index (χ0n) is 41.4.